The summed E-state index contributed by atoms with van der Waals surface area (Å²) in [7, 11) is -3.24. The molecule has 0 aromatic carbocycles. The van der Waals surface area contributed by atoms with Gasteiger partial charge in [-0.2, -0.15) is 0 Å². The molecule has 0 amide bonds. The van der Waals surface area contributed by atoms with Gasteiger partial charge in [0.15, 0.2) is 7.83 Å². The molecule has 1 saturated heterocycles. The number of rotatable bonds is 0. The van der Waals surface area contributed by atoms with Gasteiger partial charge in [0.1, 0.15) is 0 Å². The van der Waals surface area contributed by atoms with Crippen molar-refractivity contribution < 1.29 is 4.43 Å². The molecule has 1 atom stereocenters. The predicted octanol–water partition coefficient (Wildman–Crippen LogP) is 3.89. The van der Waals surface area contributed by atoms with E-state index < -0.39 is 23.3 Å². The summed E-state index contributed by atoms with van der Waals surface area (Å²) in [6.07, 6.45) is 0. The molecule has 0 N–H and O–H groups in total. The van der Waals surface area contributed by atoms with Gasteiger partial charge in [-0.05, 0) is 38.0 Å². The van der Waals surface area contributed by atoms with Crippen LogP contribution in [0.5, 0.6) is 0 Å². The molecule has 1 unspecified atom stereocenters. The summed E-state index contributed by atoms with van der Waals surface area (Å²) >= 11 is 0. The van der Waals surface area contributed by atoms with Gasteiger partial charge in [0.2, 0.25) is 0 Å². The first-order chi connectivity index (χ1) is 6.78. The van der Waals surface area contributed by atoms with E-state index in [0.717, 1.165) is 0 Å². The van der Waals surface area contributed by atoms with Crippen molar-refractivity contribution in [3.8, 4) is 0 Å². The normalized spacial score (nSPS) is 32.4. The summed E-state index contributed by atoms with van der Waals surface area (Å²) < 4.78 is 6.57. The molecular formula is C12H30OSi3. The minimum atomic E-state index is -1.43. The maximum Gasteiger partial charge on any atom is 0.169 e. The SMILES string of the molecule is CC1(C)C[Si](C)(C)[SiH](C(C)(C)C)[Si](C)(C)O1. The monoisotopic (exact) mass is 274 g/mol. The maximum absolute atomic E-state index is 6.57. The molecule has 0 aromatic heterocycles. The van der Waals surface area contributed by atoms with Crippen molar-refractivity contribution in [2.75, 3.05) is 0 Å². The standard InChI is InChI=1S/C12H30OSi3/c1-11(2,3)14-15(6,7)10-12(4,5)13-16(14,8)9/h14H,10H2,1-9H3. The van der Waals surface area contributed by atoms with Crippen LogP contribution in [0.1, 0.15) is 34.6 Å². The summed E-state index contributed by atoms with van der Waals surface area (Å²) in [5.74, 6) is 0. The molecular weight excluding hydrogens is 244 g/mol. The van der Waals surface area contributed by atoms with Crippen LogP contribution in [0.4, 0.5) is 0 Å². The zero-order chi connectivity index (χ0) is 13.0. The lowest BCUT2D eigenvalue weighted by Gasteiger charge is -2.57. The van der Waals surface area contributed by atoms with Gasteiger partial charge in [-0.15, -0.1) is 0 Å². The molecule has 0 bridgehead atoms. The van der Waals surface area contributed by atoms with Crippen molar-refractivity contribution in [3.63, 3.8) is 0 Å². The summed E-state index contributed by atoms with van der Waals surface area (Å²) in [5.41, 5.74) is 0.153. The van der Waals surface area contributed by atoms with E-state index in [1.807, 2.05) is 0 Å². The Bertz CT molecular complexity index is 256. The fraction of sp³-hybridized carbons (Fsp3) is 1.00. The van der Waals surface area contributed by atoms with Crippen molar-refractivity contribution >= 4 is 23.3 Å². The van der Waals surface area contributed by atoms with Crippen LogP contribution in [0.3, 0.4) is 0 Å². The Hall–Kier alpha value is 0.611. The van der Waals surface area contributed by atoms with Crippen molar-refractivity contribution in [1.82, 2.24) is 0 Å². The molecule has 0 saturated carbocycles. The van der Waals surface area contributed by atoms with E-state index in [1.165, 1.54) is 6.04 Å². The summed E-state index contributed by atoms with van der Waals surface area (Å²) in [6, 6.07) is 1.37. The van der Waals surface area contributed by atoms with Crippen LogP contribution in [0.2, 0.25) is 37.3 Å². The molecule has 1 heterocycles. The minimum absolute atomic E-state index is 0.153. The lowest BCUT2D eigenvalue weighted by atomic mass is 10.2. The van der Waals surface area contributed by atoms with Gasteiger partial charge in [0.25, 0.3) is 0 Å². The van der Waals surface area contributed by atoms with Crippen LogP contribution in [-0.4, -0.2) is 28.9 Å². The molecule has 1 aliphatic rings. The zero-order valence-corrected chi connectivity index (χ0v) is 15.8. The van der Waals surface area contributed by atoms with Crippen LogP contribution in [0.25, 0.3) is 0 Å². The molecule has 16 heavy (non-hydrogen) atoms. The van der Waals surface area contributed by atoms with Crippen molar-refractivity contribution in [2.24, 2.45) is 0 Å². The largest absolute Gasteiger partial charge is 0.416 e. The van der Waals surface area contributed by atoms with Gasteiger partial charge in [-0.1, -0.05) is 33.9 Å². The summed E-state index contributed by atoms with van der Waals surface area (Å²) in [6.45, 7) is 22.3. The van der Waals surface area contributed by atoms with Crippen LogP contribution in [0.15, 0.2) is 0 Å². The zero-order valence-electron chi connectivity index (χ0n) is 12.7. The van der Waals surface area contributed by atoms with Gasteiger partial charge in [-0.25, -0.2) is 0 Å². The van der Waals surface area contributed by atoms with Gasteiger partial charge < -0.3 is 4.43 Å². The molecule has 0 aliphatic carbocycles. The van der Waals surface area contributed by atoms with Crippen LogP contribution in [-0.2, 0) is 4.43 Å². The second-order valence-electron chi connectivity index (χ2n) is 8.43. The van der Waals surface area contributed by atoms with Crippen LogP contribution >= 0.6 is 0 Å². The maximum atomic E-state index is 6.57. The van der Waals surface area contributed by atoms with E-state index in [2.05, 4.69) is 60.8 Å². The second-order valence-corrected chi connectivity index (χ2v) is 32.8. The quantitative estimate of drug-likeness (QED) is 0.609. The highest BCUT2D eigenvalue weighted by atomic mass is 29.6. The van der Waals surface area contributed by atoms with E-state index in [-0.39, 0.29) is 5.60 Å². The third kappa shape index (κ3) is 2.89. The fourth-order valence-corrected chi connectivity index (χ4v) is 56.4. The number of hydrogen-bond acceptors (Lipinski definition) is 1. The van der Waals surface area contributed by atoms with Crippen LogP contribution < -0.4 is 0 Å². The van der Waals surface area contributed by atoms with E-state index >= 15 is 0 Å². The Balaban J connectivity index is 3.17. The fourth-order valence-electron chi connectivity index (χ4n) is 5.16. The van der Waals surface area contributed by atoms with Crippen LogP contribution in [0, 0.1) is 0 Å². The third-order valence-corrected chi connectivity index (χ3v) is 39.6. The summed E-state index contributed by atoms with van der Waals surface area (Å²) in [4.78, 5) is 0. The topological polar surface area (TPSA) is 9.23 Å². The van der Waals surface area contributed by atoms with Crippen molar-refractivity contribution in [2.45, 2.75) is 77.5 Å². The van der Waals surface area contributed by atoms with Gasteiger partial charge >= 0.3 is 0 Å². The first-order valence-electron chi connectivity index (χ1n) is 6.48. The third-order valence-electron chi connectivity index (χ3n) is 3.76. The summed E-state index contributed by atoms with van der Waals surface area (Å²) in [5, 5.41) is 0.544. The average molecular weight is 275 g/mol. The first kappa shape index (κ1) is 14.7. The Morgan fingerprint density at radius 3 is 1.81 bits per heavy atom. The van der Waals surface area contributed by atoms with E-state index in [9.17, 15) is 0 Å². The van der Waals surface area contributed by atoms with Crippen molar-refractivity contribution in [3.05, 3.63) is 0 Å². The highest BCUT2D eigenvalue weighted by Crippen LogP contribution is 2.46. The highest BCUT2D eigenvalue weighted by molar-refractivity contribution is 7.60. The van der Waals surface area contributed by atoms with Gasteiger partial charge in [-0.3, -0.25) is 0 Å². The van der Waals surface area contributed by atoms with Gasteiger partial charge in [0, 0.05) is 13.2 Å². The molecule has 0 aromatic rings. The lowest BCUT2D eigenvalue weighted by molar-refractivity contribution is 0.122. The molecule has 1 fully saturated rings. The second kappa shape index (κ2) is 3.80. The van der Waals surface area contributed by atoms with Gasteiger partial charge in [0.05, 0.1) is 7.83 Å². The minimum Gasteiger partial charge on any atom is -0.416 e. The van der Waals surface area contributed by atoms with E-state index in [1.54, 1.807) is 0 Å². The highest BCUT2D eigenvalue weighted by Gasteiger charge is 2.58. The van der Waals surface area contributed by atoms with Crippen molar-refractivity contribution in [1.29, 1.82) is 0 Å². The number of hydrogen-bond donors (Lipinski definition) is 0. The Labute approximate surface area is 105 Å². The van der Waals surface area contributed by atoms with E-state index in [4.69, 9.17) is 4.43 Å². The molecule has 1 aliphatic heterocycles. The molecule has 1 rings (SSSR count). The smallest absolute Gasteiger partial charge is 0.169 e. The molecule has 1 nitrogen and oxygen atoms in total. The first-order valence-corrected chi connectivity index (χ1v) is 16.8. The molecule has 0 spiro atoms. The molecule has 96 valence electrons. The molecule has 0 radical (unpaired) electrons. The predicted molar refractivity (Wildman–Crippen MR) is 81.8 cm³/mol. The Morgan fingerprint density at radius 2 is 1.50 bits per heavy atom. The average Bonchev–Trinajstić information content (AvgIpc) is 1.67. The van der Waals surface area contributed by atoms with E-state index in [0.29, 0.717) is 5.04 Å². The lowest BCUT2D eigenvalue weighted by Crippen LogP contribution is -2.73. The Kier molecular flexibility index (Phi) is 3.48. The molecule has 4 heteroatoms. The Morgan fingerprint density at radius 1 is 1.06 bits per heavy atom.